The molecule has 0 amide bonds. The fraction of sp³-hybridized carbons (Fsp3) is 0.294. The van der Waals surface area contributed by atoms with Gasteiger partial charge in [0.2, 0.25) is 0 Å². The van der Waals surface area contributed by atoms with Crippen LogP contribution in [0.3, 0.4) is 0 Å². The third-order valence-electron chi connectivity index (χ3n) is 3.38. The Labute approximate surface area is 114 Å². The number of hydrogen-bond donors (Lipinski definition) is 1. The first-order valence-electron chi connectivity index (χ1n) is 6.57. The largest absolute Gasteiger partial charge is 0.494 e. The molecule has 2 aromatic carbocycles. The van der Waals surface area contributed by atoms with E-state index in [0.717, 1.165) is 22.4 Å². The van der Waals surface area contributed by atoms with Crippen molar-refractivity contribution in [2.24, 2.45) is 0 Å². The molecule has 0 spiro atoms. The molecule has 19 heavy (non-hydrogen) atoms. The Morgan fingerprint density at radius 1 is 1.11 bits per heavy atom. The van der Waals surface area contributed by atoms with Crippen LogP contribution < -0.4 is 4.74 Å². The van der Waals surface area contributed by atoms with Crippen LogP contribution in [0, 0.1) is 6.92 Å². The van der Waals surface area contributed by atoms with Crippen LogP contribution in [-0.2, 0) is 5.60 Å². The average molecular weight is 256 g/mol. The predicted octanol–water partition coefficient (Wildman–Crippen LogP) is 3.65. The van der Waals surface area contributed by atoms with E-state index in [0.29, 0.717) is 6.61 Å². The van der Waals surface area contributed by atoms with E-state index < -0.39 is 5.60 Å². The minimum atomic E-state index is -1.02. The monoisotopic (exact) mass is 256 g/mol. The molecular weight excluding hydrogens is 236 g/mol. The first-order chi connectivity index (χ1) is 9.05. The van der Waals surface area contributed by atoms with E-state index in [2.05, 4.69) is 0 Å². The summed E-state index contributed by atoms with van der Waals surface area (Å²) in [7, 11) is 0. The van der Waals surface area contributed by atoms with Crippen molar-refractivity contribution in [3.63, 3.8) is 0 Å². The molecule has 1 N–H and O–H groups in total. The van der Waals surface area contributed by atoms with Gasteiger partial charge in [0.1, 0.15) is 11.4 Å². The summed E-state index contributed by atoms with van der Waals surface area (Å²) in [5.74, 6) is 0.786. The third kappa shape index (κ3) is 2.79. The summed E-state index contributed by atoms with van der Waals surface area (Å²) in [5, 5.41) is 10.9. The highest BCUT2D eigenvalue weighted by molar-refractivity contribution is 5.42. The molecule has 2 nitrogen and oxygen atoms in total. The maximum Gasteiger partial charge on any atom is 0.119 e. The number of aryl methyl sites for hydroxylation is 1. The smallest absolute Gasteiger partial charge is 0.119 e. The van der Waals surface area contributed by atoms with Gasteiger partial charge in [-0.1, -0.05) is 36.4 Å². The molecule has 0 bridgehead atoms. The molecule has 0 radical (unpaired) electrons. The summed E-state index contributed by atoms with van der Waals surface area (Å²) >= 11 is 0. The standard InChI is InChI=1S/C17H20O2/c1-4-19-15-10-7-9-14(12-15)17(3,18)16-11-6-5-8-13(16)2/h5-12,18H,4H2,1-3H3. The predicted molar refractivity (Wildman–Crippen MR) is 77.5 cm³/mol. The molecular formula is C17H20O2. The molecule has 100 valence electrons. The highest BCUT2D eigenvalue weighted by Crippen LogP contribution is 2.32. The van der Waals surface area contributed by atoms with E-state index in [1.165, 1.54) is 0 Å². The molecule has 2 heteroatoms. The Morgan fingerprint density at radius 3 is 2.53 bits per heavy atom. The zero-order valence-electron chi connectivity index (χ0n) is 11.7. The van der Waals surface area contributed by atoms with Gasteiger partial charge < -0.3 is 9.84 Å². The lowest BCUT2D eigenvalue weighted by molar-refractivity contribution is 0.101. The second kappa shape index (κ2) is 5.45. The zero-order chi connectivity index (χ0) is 13.9. The molecule has 1 unspecified atom stereocenters. The Bertz CT molecular complexity index is 559. The van der Waals surface area contributed by atoms with Gasteiger partial charge in [-0.25, -0.2) is 0 Å². The SMILES string of the molecule is CCOc1cccc(C(C)(O)c2ccccc2C)c1. The van der Waals surface area contributed by atoms with Crippen molar-refractivity contribution in [2.45, 2.75) is 26.4 Å². The molecule has 1 atom stereocenters. The number of hydrogen-bond acceptors (Lipinski definition) is 2. The van der Waals surface area contributed by atoms with Crippen molar-refractivity contribution in [2.75, 3.05) is 6.61 Å². The van der Waals surface area contributed by atoms with Gasteiger partial charge in [-0.3, -0.25) is 0 Å². The maximum atomic E-state index is 10.9. The fourth-order valence-electron chi connectivity index (χ4n) is 2.33. The van der Waals surface area contributed by atoms with Crippen molar-refractivity contribution < 1.29 is 9.84 Å². The normalized spacial score (nSPS) is 13.9. The van der Waals surface area contributed by atoms with Crippen LogP contribution >= 0.6 is 0 Å². The molecule has 2 aromatic rings. The van der Waals surface area contributed by atoms with Crippen molar-refractivity contribution in [3.05, 3.63) is 65.2 Å². The Kier molecular flexibility index (Phi) is 3.91. The van der Waals surface area contributed by atoms with Crippen LogP contribution in [0.4, 0.5) is 0 Å². The summed E-state index contributed by atoms with van der Waals surface area (Å²) in [4.78, 5) is 0. The van der Waals surface area contributed by atoms with Gasteiger partial charge in [0, 0.05) is 0 Å². The molecule has 0 aliphatic heterocycles. The molecule has 0 fully saturated rings. The minimum Gasteiger partial charge on any atom is -0.494 e. The van der Waals surface area contributed by atoms with Gasteiger partial charge in [-0.2, -0.15) is 0 Å². The van der Waals surface area contributed by atoms with Crippen molar-refractivity contribution in [3.8, 4) is 5.75 Å². The molecule has 0 aromatic heterocycles. The second-order valence-electron chi connectivity index (χ2n) is 4.85. The van der Waals surface area contributed by atoms with Gasteiger partial charge in [-0.15, -0.1) is 0 Å². The Balaban J connectivity index is 2.44. The van der Waals surface area contributed by atoms with Crippen molar-refractivity contribution in [1.82, 2.24) is 0 Å². The molecule has 0 aliphatic carbocycles. The highest BCUT2D eigenvalue weighted by atomic mass is 16.5. The Morgan fingerprint density at radius 2 is 1.84 bits per heavy atom. The van der Waals surface area contributed by atoms with Crippen LogP contribution in [-0.4, -0.2) is 11.7 Å². The van der Waals surface area contributed by atoms with Crippen LogP contribution in [0.15, 0.2) is 48.5 Å². The number of rotatable bonds is 4. The lowest BCUT2D eigenvalue weighted by atomic mass is 9.85. The van der Waals surface area contributed by atoms with Crippen LogP contribution in [0.1, 0.15) is 30.5 Å². The van der Waals surface area contributed by atoms with Gasteiger partial charge in [-0.05, 0) is 49.6 Å². The summed E-state index contributed by atoms with van der Waals surface area (Å²) in [5.41, 5.74) is 1.82. The quantitative estimate of drug-likeness (QED) is 0.904. The van der Waals surface area contributed by atoms with E-state index >= 15 is 0 Å². The van der Waals surface area contributed by atoms with E-state index in [-0.39, 0.29) is 0 Å². The summed E-state index contributed by atoms with van der Waals surface area (Å²) in [6.07, 6.45) is 0. The van der Waals surface area contributed by atoms with E-state index in [1.54, 1.807) is 0 Å². The summed E-state index contributed by atoms with van der Waals surface area (Å²) < 4.78 is 5.50. The van der Waals surface area contributed by atoms with Crippen molar-refractivity contribution in [1.29, 1.82) is 0 Å². The summed E-state index contributed by atoms with van der Waals surface area (Å²) in [6, 6.07) is 15.5. The Hall–Kier alpha value is -1.80. The maximum absolute atomic E-state index is 10.9. The van der Waals surface area contributed by atoms with Gasteiger partial charge >= 0.3 is 0 Å². The first kappa shape index (κ1) is 13.6. The van der Waals surface area contributed by atoms with Crippen LogP contribution in [0.5, 0.6) is 5.75 Å². The van der Waals surface area contributed by atoms with E-state index in [4.69, 9.17) is 4.74 Å². The van der Waals surface area contributed by atoms with Crippen LogP contribution in [0.25, 0.3) is 0 Å². The fourth-order valence-corrected chi connectivity index (χ4v) is 2.33. The average Bonchev–Trinajstić information content (AvgIpc) is 2.40. The third-order valence-corrected chi connectivity index (χ3v) is 3.38. The summed E-state index contributed by atoms with van der Waals surface area (Å²) in [6.45, 7) is 6.40. The number of ether oxygens (including phenoxy) is 1. The van der Waals surface area contributed by atoms with Gasteiger partial charge in [0.05, 0.1) is 6.61 Å². The van der Waals surface area contributed by atoms with Gasteiger partial charge in [0.25, 0.3) is 0 Å². The lowest BCUT2D eigenvalue weighted by Gasteiger charge is -2.26. The number of benzene rings is 2. The van der Waals surface area contributed by atoms with E-state index in [1.807, 2.05) is 69.3 Å². The highest BCUT2D eigenvalue weighted by Gasteiger charge is 2.27. The van der Waals surface area contributed by atoms with E-state index in [9.17, 15) is 5.11 Å². The molecule has 0 saturated carbocycles. The molecule has 0 saturated heterocycles. The number of aliphatic hydroxyl groups is 1. The van der Waals surface area contributed by atoms with Gasteiger partial charge in [0.15, 0.2) is 0 Å². The van der Waals surface area contributed by atoms with Crippen molar-refractivity contribution >= 4 is 0 Å². The first-order valence-corrected chi connectivity index (χ1v) is 6.57. The molecule has 0 heterocycles. The molecule has 2 rings (SSSR count). The lowest BCUT2D eigenvalue weighted by Crippen LogP contribution is -2.23. The zero-order valence-corrected chi connectivity index (χ0v) is 11.7. The van der Waals surface area contributed by atoms with Crippen LogP contribution in [0.2, 0.25) is 0 Å². The minimum absolute atomic E-state index is 0.621. The topological polar surface area (TPSA) is 29.5 Å². The second-order valence-corrected chi connectivity index (χ2v) is 4.85. The molecule has 0 aliphatic rings.